The Morgan fingerprint density at radius 3 is 2.24 bits per heavy atom. The van der Waals surface area contributed by atoms with E-state index >= 15 is 0 Å². The molecule has 1 aliphatic heterocycles. The van der Waals surface area contributed by atoms with E-state index in [1.54, 1.807) is 36.2 Å². The van der Waals surface area contributed by atoms with Crippen LogP contribution in [0.4, 0.5) is 16.2 Å². The van der Waals surface area contributed by atoms with E-state index < -0.39 is 21.9 Å². The van der Waals surface area contributed by atoms with Crippen LogP contribution in [0.25, 0.3) is 0 Å². The van der Waals surface area contributed by atoms with Crippen molar-refractivity contribution in [1.29, 1.82) is 5.26 Å². The number of benzene rings is 2. The molecule has 0 unspecified atom stereocenters. The molecule has 3 rings (SSSR count). The second-order valence-corrected chi connectivity index (χ2v) is 11.0. The van der Waals surface area contributed by atoms with Crippen molar-refractivity contribution >= 4 is 50.7 Å². The molecule has 2 aromatic carbocycles. The van der Waals surface area contributed by atoms with Crippen LogP contribution in [0.1, 0.15) is 19.4 Å². The second kappa shape index (κ2) is 9.98. The fourth-order valence-electron chi connectivity index (χ4n) is 3.47. The van der Waals surface area contributed by atoms with Gasteiger partial charge in [-0.3, -0.25) is 0 Å². The van der Waals surface area contributed by atoms with Gasteiger partial charge in [-0.05, 0) is 36.4 Å². The minimum atomic E-state index is -4.04. The van der Waals surface area contributed by atoms with Crippen molar-refractivity contribution in [2.75, 3.05) is 38.1 Å². The molecule has 0 bridgehead atoms. The van der Waals surface area contributed by atoms with Gasteiger partial charge in [0.25, 0.3) is 0 Å². The standard InChI is InChI=1S/C22H24Cl2N4O5S/c1-22(2,30)33-21(29)27-6-8-28(9-7-27)34(31,32)20-10-15(14-25)4-5-19(20)26(3)18-12-16(23)11-17(24)13-18/h4-5,10-13,30H,6-9H2,1-3H3. The average molecular weight is 527 g/mol. The summed E-state index contributed by atoms with van der Waals surface area (Å²) in [5.74, 6) is -1.64. The van der Waals surface area contributed by atoms with E-state index in [0.717, 1.165) is 0 Å². The maximum Gasteiger partial charge on any atom is 0.412 e. The summed E-state index contributed by atoms with van der Waals surface area (Å²) in [7, 11) is -2.36. The number of amides is 1. The first-order valence-electron chi connectivity index (χ1n) is 10.3. The van der Waals surface area contributed by atoms with E-state index in [1.165, 1.54) is 35.2 Å². The maximum absolute atomic E-state index is 13.6. The van der Waals surface area contributed by atoms with Gasteiger partial charge in [-0.15, -0.1) is 0 Å². The lowest BCUT2D eigenvalue weighted by Crippen LogP contribution is -2.51. The monoisotopic (exact) mass is 526 g/mol. The van der Waals surface area contributed by atoms with Crippen LogP contribution in [-0.2, 0) is 14.8 Å². The number of halogens is 2. The molecule has 0 aliphatic carbocycles. The van der Waals surface area contributed by atoms with Gasteiger partial charge in [0.15, 0.2) is 0 Å². The zero-order valence-electron chi connectivity index (χ0n) is 18.8. The molecule has 12 heteroatoms. The van der Waals surface area contributed by atoms with Crippen LogP contribution in [0, 0.1) is 11.3 Å². The van der Waals surface area contributed by atoms with Gasteiger partial charge in [0.2, 0.25) is 15.8 Å². The number of aliphatic hydroxyl groups is 1. The highest BCUT2D eigenvalue weighted by Crippen LogP contribution is 2.35. The van der Waals surface area contributed by atoms with Gasteiger partial charge in [0, 0.05) is 62.8 Å². The Morgan fingerprint density at radius 2 is 1.71 bits per heavy atom. The molecular formula is C22H24Cl2N4O5S. The van der Waals surface area contributed by atoms with Gasteiger partial charge in [0.1, 0.15) is 4.90 Å². The van der Waals surface area contributed by atoms with Gasteiger partial charge >= 0.3 is 6.09 Å². The first-order valence-corrected chi connectivity index (χ1v) is 12.5. The second-order valence-electron chi connectivity index (χ2n) is 8.19. The Bertz CT molecular complexity index is 1210. The number of hydrogen-bond acceptors (Lipinski definition) is 7. The minimum absolute atomic E-state index is 0.0201. The lowest BCUT2D eigenvalue weighted by Gasteiger charge is -2.35. The number of carbonyl (C=O) groups is 1. The highest BCUT2D eigenvalue weighted by molar-refractivity contribution is 7.89. The summed E-state index contributed by atoms with van der Waals surface area (Å²) in [6.07, 6.45) is -0.728. The van der Waals surface area contributed by atoms with Crippen molar-refractivity contribution in [2.45, 2.75) is 24.5 Å². The molecule has 0 atom stereocenters. The Hall–Kier alpha value is -2.55. The predicted molar refractivity (Wildman–Crippen MR) is 129 cm³/mol. The van der Waals surface area contributed by atoms with E-state index in [2.05, 4.69) is 0 Å². The summed E-state index contributed by atoms with van der Waals surface area (Å²) in [6.45, 7) is 2.87. The number of hydrogen-bond donors (Lipinski definition) is 1. The van der Waals surface area contributed by atoms with Crippen molar-refractivity contribution in [2.24, 2.45) is 0 Å². The molecule has 1 heterocycles. The Balaban J connectivity index is 1.91. The van der Waals surface area contributed by atoms with E-state index in [0.29, 0.717) is 21.4 Å². The molecule has 0 radical (unpaired) electrons. The number of ether oxygens (including phenoxy) is 1. The van der Waals surface area contributed by atoms with E-state index in [1.807, 2.05) is 6.07 Å². The first kappa shape index (κ1) is 26.1. The largest absolute Gasteiger partial charge is 0.418 e. The number of rotatable bonds is 5. The van der Waals surface area contributed by atoms with E-state index in [4.69, 9.17) is 27.9 Å². The molecule has 2 aromatic rings. The normalized spacial score (nSPS) is 15.0. The number of nitriles is 1. The number of nitrogens with zero attached hydrogens (tertiary/aromatic N) is 4. The van der Waals surface area contributed by atoms with Crippen LogP contribution in [0.2, 0.25) is 10.0 Å². The number of anilines is 2. The van der Waals surface area contributed by atoms with Crippen LogP contribution in [-0.4, -0.2) is 67.8 Å². The average Bonchev–Trinajstić information content (AvgIpc) is 2.76. The van der Waals surface area contributed by atoms with Crippen molar-refractivity contribution in [3.8, 4) is 6.07 Å². The third kappa shape index (κ3) is 5.92. The van der Waals surface area contributed by atoms with Crippen LogP contribution < -0.4 is 4.90 Å². The third-order valence-corrected chi connectivity index (χ3v) is 7.50. The zero-order valence-corrected chi connectivity index (χ0v) is 21.2. The van der Waals surface area contributed by atoms with Crippen LogP contribution >= 0.6 is 23.2 Å². The topological polar surface area (TPSA) is 114 Å². The predicted octanol–water partition coefficient (Wildman–Crippen LogP) is 3.80. The van der Waals surface area contributed by atoms with E-state index in [9.17, 15) is 23.6 Å². The Labute approximate surface area is 208 Å². The SMILES string of the molecule is CN(c1cc(Cl)cc(Cl)c1)c1ccc(C#N)cc1S(=O)(=O)N1CCN(C(=O)OC(C)(C)O)CC1. The molecule has 1 aliphatic rings. The highest BCUT2D eigenvalue weighted by Gasteiger charge is 2.34. The Kier molecular flexibility index (Phi) is 7.65. The van der Waals surface area contributed by atoms with E-state index in [-0.39, 0.29) is 36.6 Å². The summed E-state index contributed by atoms with van der Waals surface area (Å²) in [5, 5.41) is 19.8. The van der Waals surface area contributed by atoms with Gasteiger partial charge in [-0.25, -0.2) is 13.2 Å². The number of piperazine rings is 1. The molecule has 1 fully saturated rings. The van der Waals surface area contributed by atoms with Gasteiger partial charge < -0.3 is 19.6 Å². The molecule has 1 N–H and O–H groups in total. The summed E-state index contributed by atoms with van der Waals surface area (Å²) >= 11 is 12.2. The van der Waals surface area contributed by atoms with Crippen molar-refractivity contribution in [3.63, 3.8) is 0 Å². The van der Waals surface area contributed by atoms with Gasteiger partial charge in [-0.1, -0.05) is 23.2 Å². The van der Waals surface area contributed by atoms with Crippen LogP contribution in [0.5, 0.6) is 0 Å². The Morgan fingerprint density at radius 1 is 1.12 bits per heavy atom. The molecular weight excluding hydrogens is 503 g/mol. The molecule has 0 spiro atoms. The number of sulfonamides is 1. The van der Waals surface area contributed by atoms with Crippen LogP contribution in [0.15, 0.2) is 41.3 Å². The molecule has 0 saturated carbocycles. The molecule has 34 heavy (non-hydrogen) atoms. The van der Waals surface area contributed by atoms with Crippen LogP contribution in [0.3, 0.4) is 0 Å². The molecule has 9 nitrogen and oxygen atoms in total. The third-order valence-electron chi connectivity index (χ3n) is 5.14. The fourth-order valence-corrected chi connectivity index (χ4v) is 5.65. The molecule has 0 aromatic heterocycles. The fraction of sp³-hybridized carbons (Fsp3) is 0.364. The van der Waals surface area contributed by atoms with Gasteiger partial charge in [-0.2, -0.15) is 9.57 Å². The van der Waals surface area contributed by atoms with Crippen molar-refractivity contribution < 1.29 is 23.1 Å². The summed E-state index contributed by atoms with van der Waals surface area (Å²) < 4.78 is 33.4. The lowest BCUT2D eigenvalue weighted by molar-refractivity contribution is -0.140. The summed E-state index contributed by atoms with van der Waals surface area (Å²) in [4.78, 5) is 15.1. The smallest absolute Gasteiger partial charge is 0.412 e. The lowest BCUT2D eigenvalue weighted by atomic mass is 10.2. The molecule has 182 valence electrons. The highest BCUT2D eigenvalue weighted by atomic mass is 35.5. The minimum Gasteiger partial charge on any atom is -0.418 e. The number of carbonyl (C=O) groups excluding carboxylic acids is 1. The quantitative estimate of drug-likeness (QED) is 0.589. The summed E-state index contributed by atoms with van der Waals surface area (Å²) in [5.41, 5.74) is 1.09. The zero-order chi connectivity index (χ0) is 25.3. The molecule has 1 saturated heterocycles. The molecule has 1 amide bonds. The maximum atomic E-state index is 13.6. The summed E-state index contributed by atoms with van der Waals surface area (Å²) in [6, 6.07) is 11.2. The first-order chi connectivity index (χ1) is 15.8. The van der Waals surface area contributed by atoms with Crippen molar-refractivity contribution in [1.82, 2.24) is 9.21 Å². The van der Waals surface area contributed by atoms with Gasteiger partial charge in [0.05, 0.1) is 17.3 Å². The van der Waals surface area contributed by atoms with Crippen molar-refractivity contribution in [3.05, 3.63) is 52.0 Å².